The lowest BCUT2D eigenvalue weighted by Gasteiger charge is -2.22. The minimum Gasteiger partial charge on any atom is -0.160 e. The summed E-state index contributed by atoms with van der Waals surface area (Å²) in [6.07, 6.45) is 0. The lowest BCUT2D eigenvalue weighted by Crippen LogP contribution is -2.15. The molecule has 0 amide bonds. The first kappa shape index (κ1) is 14.5. The molecule has 2 heterocycles. The molecule has 2 aliphatic rings. The molecule has 2 unspecified atom stereocenters. The van der Waals surface area contributed by atoms with Crippen molar-refractivity contribution in [2.24, 2.45) is 0 Å². The predicted molar refractivity (Wildman–Crippen MR) is 92.1 cm³/mol. The van der Waals surface area contributed by atoms with E-state index >= 15 is 0 Å². The molecule has 6 heteroatoms. The first-order valence-electron chi connectivity index (χ1n) is 5.58. The summed E-state index contributed by atoms with van der Waals surface area (Å²) in [6, 6.07) is 0. The predicted octanol–water partition coefficient (Wildman–Crippen LogP) is 4.07. The third kappa shape index (κ3) is 6.88. The van der Waals surface area contributed by atoms with E-state index in [1.165, 1.54) is 46.0 Å². The standard InChI is InChI=1S/C10H18S6/c1(3-12-5-9-7-14-9)11-2-4-13-6-10-8-15-16-10/h9-10H,1-8H2. The van der Waals surface area contributed by atoms with E-state index in [1.807, 2.05) is 10.8 Å². The van der Waals surface area contributed by atoms with Gasteiger partial charge in [0, 0.05) is 56.5 Å². The fourth-order valence-electron chi connectivity index (χ4n) is 1.17. The summed E-state index contributed by atoms with van der Waals surface area (Å²) in [7, 11) is 4.10. The van der Waals surface area contributed by atoms with E-state index in [2.05, 4.69) is 57.8 Å². The molecule has 2 atom stereocenters. The van der Waals surface area contributed by atoms with Crippen LogP contribution in [0.3, 0.4) is 0 Å². The first-order valence-corrected chi connectivity index (χ1v) is 12.5. The second-order valence-electron chi connectivity index (χ2n) is 3.72. The minimum atomic E-state index is 0.964. The molecule has 16 heavy (non-hydrogen) atoms. The smallest absolute Gasteiger partial charge is 0.0340 e. The molecule has 0 nitrogen and oxygen atoms in total. The maximum absolute atomic E-state index is 2.15. The number of hydrogen-bond donors (Lipinski definition) is 0. The Bertz CT molecular complexity index is 180. The number of thioether (sulfide) groups is 4. The van der Waals surface area contributed by atoms with Crippen molar-refractivity contribution >= 4 is 68.6 Å². The highest BCUT2D eigenvalue weighted by atomic mass is 33.1. The Morgan fingerprint density at radius 3 is 1.88 bits per heavy atom. The summed E-state index contributed by atoms with van der Waals surface area (Å²) in [5, 5.41) is 1.98. The molecule has 0 N–H and O–H groups in total. The van der Waals surface area contributed by atoms with Gasteiger partial charge in [0.2, 0.25) is 0 Å². The van der Waals surface area contributed by atoms with Gasteiger partial charge in [-0.05, 0) is 0 Å². The summed E-state index contributed by atoms with van der Waals surface area (Å²) >= 11 is 8.56. The maximum Gasteiger partial charge on any atom is 0.0340 e. The van der Waals surface area contributed by atoms with Crippen LogP contribution in [0.5, 0.6) is 0 Å². The van der Waals surface area contributed by atoms with Gasteiger partial charge in [-0.15, -0.1) is 0 Å². The first-order chi connectivity index (χ1) is 7.95. The summed E-state index contributed by atoms with van der Waals surface area (Å²) < 4.78 is 0. The van der Waals surface area contributed by atoms with Gasteiger partial charge >= 0.3 is 0 Å². The lowest BCUT2D eigenvalue weighted by atomic mass is 10.5. The molecule has 0 spiro atoms. The lowest BCUT2D eigenvalue weighted by molar-refractivity contribution is 1.15. The van der Waals surface area contributed by atoms with Crippen LogP contribution < -0.4 is 0 Å². The molecule has 2 aliphatic heterocycles. The van der Waals surface area contributed by atoms with Crippen molar-refractivity contribution in [3.63, 3.8) is 0 Å². The SMILES string of the molecule is C(CSCC1CS1)SCCSCC1CSS1. The van der Waals surface area contributed by atoms with Crippen LogP contribution in [0.25, 0.3) is 0 Å². The molecule has 2 saturated heterocycles. The monoisotopic (exact) mass is 330 g/mol. The van der Waals surface area contributed by atoms with E-state index in [0.29, 0.717) is 0 Å². The van der Waals surface area contributed by atoms with Crippen molar-refractivity contribution < 1.29 is 0 Å². The molecule has 2 rings (SSSR count). The molecular weight excluding hydrogens is 313 g/mol. The summed E-state index contributed by atoms with van der Waals surface area (Å²) in [5.74, 6) is 11.0. The van der Waals surface area contributed by atoms with E-state index in [4.69, 9.17) is 0 Å². The van der Waals surface area contributed by atoms with E-state index in [0.717, 1.165) is 10.5 Å². The average molecular weight is 331 g/mol. The van der Waals surface area contributed by atoms with E-state index < -0.39 is 0 Å². The average Bonchev–Trinajstić information content (AvgIpc) is 3.02. The quantitative estimate of drug-likeness (QED) is 0.334. The fourth-order valence-corrected chi connectivity index (χ4v) is 8.03. The normalized spacial score (nSPS) is 27.8. The molecule has 94 valence electrons. The van der Waals surface area contributed by atoms with Crippen LogP contribution in [-0.2, 0) is 0 Å². The highest BCUT2D eigenvalue weighted by Crippen LogP contribution is 2.41. The van der Waals surface area contributed by atoms with Gasteiger partial charge in [-0.3, -0.25) is 0 Å². The van der Waals surface area contributed by atoms with Crippen LogP contribution in [0.15, 0.2) is 0 Å². The second-order valence-corrected chi connectivity index (χ2v) is 11.3. The van der Waals surface area contributed by atoms with Crippen LogP contribution in [0.4, 0.5) is 0 Å². The Hall–Kier alpha value is 2.10. The van der Waals surface area contributed by atoms with Gasteiger partial charge in [0.05, 0.1) is 0 Å². The molecular formula is C10H18S6. The van der Waals surface area contributed by atoms with Crippen molar-refractivity contribution in [1.82, 2.24) is 0 Å². The van der Waals surface area contributed by atoms with Crippen molar-refractivity contribution in [3.05, 3.63) is 0 Å². The van der Waals surface area contributed by atoms with E-state index in [9.17, 15) is 0 Å². The Morgan fingerprint density at radius 2 is 1.38 bits per heavy atom. The zero-order valence-corrected chi connectivity index (χ0v) is 14.2. The zero-order chi connectivity index (χ0) is 11.1. The topological polar surface area (TPSA) is 0 Å². The zero-order valence-electron chi connectivity index (χ0n) is 9.26. The third-order valence-electron chi connectivity index (χ3n) is 2.21. The van der Waals surface area contributed by atoms with Crippen molar-refractivity contribution in [1.29, 1.82) is 0 Å². The third-order valence-corrected chi connectivity index (χ3v) is 10.5. The Kier molecular flexibility index (Phi) is 8.23. The van der Waals surface area contributed by atoms with Gasteiger partial charge < -0.3 is 0 Å². The van der Waals surface area contributed by atoms with Crippen LogP contribution in [0.1, 0.15) is 0 Å². The van der Waals surface area contributed by atoms with Gasteiger partial charge in [0.25, 0.3) is 0 Å². The molecule has 0 aromatic rings. The Morgan fingerprint density at radius 1 is 0.812 bits per heavy atom. The highest BCUT2D eigenvalue weighted by Gasteiger charge is 2.21. The van der Waals surface area contributed by atoms with Crippen LogP contribution >= 0.6 is 68.6 Å². The van der Waals surface area contributed by atoms with Gasteiger partial charge in [0.15, 0.2) is 0 Å². The fraction of sp³-hybridized carbons (Fsp3) is 1.00. The van der Waals surface area contributed by atoms with Gasteiger partial charge in [-0.1, -0.05) is 21.6 Å². The highest BCUT2D eigenvalue weighted by molar-refractivity contribution is 8.79. The van der Waals surface area contributed by atoms with Crippen LogP contribution in [0, 0.1) is 0 Å². The maximum atomic E-state index is 2.15. The van der Waals surface area contributed by atoms with Crippen molar-refractivity contribution in [2.75, 3.05) is 46.0 Å². The molecule has 2 fully saturated rings. The number of hydrogen-bond acceptors (Lipinski definition) is 6. The molecule has 0 saturated carbocycles. The van der Waals surface area contributed by atoms with E-state index in [-0.39, 0.29) is 0 Å². The van der Waals surface area contributed by atoms with Crippen molar-refractivity contribution in [3.8, 4) is 0 Å². The van der Waals surface area contributed by atoms with Gasteiger partial charge in [-0.25, -0.2) is 0 Å². The van der Waals surface area contributed by atoms with Crippen LogP contribution in [0.2, 0.25) is 0 Å². The Balaban J connectivity index is 1.24. The number of rotatable bonds is 10. The summed E-state index contributed by atoms with van der Waals surface area (Å²) in [6.45, 7) is 0. The second kappa shape index (κ2) is 9.08. The van der Waals surface area contributed by atoms with E-state index in [1.54, 1.807) is 0 Å². The molecule has 0 aliphatic carbocycles. The van der Waals surface area contributed by atoms with Gasteiger partial charge in [0.1, 0.15) is 0 Å². The summed E-state index contributed by atoms with van der Waals surface area (Å²) in [4.78, 5) is 0. The molecule has 0 bridgehead atoms. The Labute approximate surface area is 124 Å². The van der Waals surface area contributed by atoms with Crippen molar-refractivity contribution in [2.45, 2.75) is 10.5 Å². The molecule has 0 aromatic heterocycles. The largest absolute Gasteiger partial charge is 0.160 e. The minimum absolute atomic E-state index is 0.964. The van der Waals surface area contributed by atoms with Gasteiger partial charge in [-0.2, -0.15) is 47.0 Å². The molecule has 0 aromatic carbocycles. The van der Waals surface area contributed by atoms with Crippen LogP contribution in [-0.4, -0.2) is 56.5 Å². The summed E-state index contributed by atoms with van der Waals surface area (Å²) in [5.41, 5.74) is 0. The molecule has 0 radical (unpaired) electrons.